The molecule has 0 heterocycles. The Balaban J connectivity index is 2.94. The molecule has 0 saturated heterocycles. The summed E-state index contributed by atoms with van der Waals surface area (Å²) in [5, 5.41) is 0. The molecule has 0 spiro atoms. The van der Waals surface area contributed by atoms with Crippen LogP contribution in [0.25, 0.3) is 4.91 Å². The van der Waals surface area contributed by atoms with E-state index in [1.165, 1.54) is 0 Å². The molecule has 0 aromatic heterocycles. The zero-order valence-corrected chi connectivity index (χ0v) is 10.2. The number of thiol groups is 1. The molecule has 0 atom stereocenters. The van der Waals surface area contributed by atoms with Gasteiger partial charge >= 0.3 is 6.18 Å². The van der Waals surface area contributed by atoms with Crippen molar-refractivity contribution >= 4 is 39.2 Å². The van der Waals surface area contributed by atoms with Crippen LogP contribution in [0.5, 0.6) is 0 Å². The number of benzene rings is 1. The van der Waals surface area contributed by atoms with Gasteiger partial charge in [0.25, 0.3) is 5.78 Å². The van der Waals surface area contributed by atoms with Gasteiger partial charge in [0.2, 0.25) is 0 Å². The van der Waals surface area contributed by atoms with E-state index in [0.29, 0.717) is 11.6 Å². The van der Waals surface area contributed by atoms with E-state index < -0.39 is 12.0 Å². The van der Waals surface area contributed by atoms with Crippen LogP contribution in [0, 0.1) is 0 Å². The quantitative estimate of drug-likeness (QED) is 0.648. The lowest BCUT2D eigenvalue weighted by Gasteiger charge is -2.03. The molecular formula is C10H6BrF3OS. The van der Waals surface area contributed by atoms with E-state index in [0.717, 1.165) is 4.47 Å². The van der Waals surface area contributed by atoms with Gasteiger partial charge in [-0.15, -0.1) is 12.6 Å². The van der Waals surface area contributed by atoms with Crippen LogP contribution in [-0.2, 0) is 4.79 Å². The molecular weight excluding hydrogens is 305 g/mol. The Kier molecular flexibility index (Phi) is 4.21. The summed E-state index contributed by atoms with van der Waals surface area (Å²) < 4.78 is 36.7. The second kappa shape index (κ2) is 5.05. The van der Waals surface area contributed by atoms with E-state index in [1.54, 1.807) is 24.3 Å². The highest BCUT2D eigenvalue weighted by Gasteiger charge is 2.36. The van der Waals surface area contributed by atoms with Crippen molar-refractivity contribution in [2.24, 2.45) is 0 Å². The molecule has 6 heteroatoms. The van der Waals surface area contributed by atoms with Gasteiger partial charge in [-0.25, -0.2) is 0 Å². The highest BCUT2D eigenvalue weighted by Crippen LogP contribution is 2.24. The van der Waals surface area contributed by atoms with E-state index in [-0.39, 0.29) is 4.91 Å². The Morgan fingerprint density at radius 1 is 1.25 bits per heavy atom. The predicted molar refractivity (Wildman–Crippen MR) is 62.2 cm³/mol. The summed E-state index contributed by atoms with van der Waals surface area (Å²) in [6.45, 7) is 0. The SMILES string of the molecule is O=C(/C=C(\S)c1ccc(Br)cc1)C(F)(F)F. The fraction of sp³-hybridized carbons (Fsp3) is 0.100. The minimum Gasteiger partial charge on any atom is -0.285 e. The summed E-state index contributed by atoms with van der Waals surface area (Å²) in [6.07, 6.45) is -4.39. The molecule has 0 saturated carbocycles. The van der Waals surface area contributed by atoms with Gasteiger partial charge in [-0.05, 0) is 17.7 Å². The van der Waals surface area contributed by atoms with Crippen LogP contribution in [0.2, 0.25) is 0 Å². The standard InChI is InChI=1S/C10H6BrF3OS/c11-7-3-1-6(2-4-7)8(16)5-9(15)10(12,13)14/h1-5,16H/b8-5-. The average molecular weight is 311 g/mol. The number of rotatable bonds is 2. The fourth-order valence-corrected chi connectivity index (χ4v) is 1.44. The van der Waals surface area contributed by atoms with Gasteiger partial charge in [0.1, 0.15) is 0 Å². The molecule has 0 aliphatic rings. The monoisotopic (exact) mass is 310 g/mol. The van der Waals surface area contributed by atoms with Crippen molar-refractivity contribution in [3.8, 4) is 0 Å². The lowest BCUT2D eigenvalue weighted by molar-refractivity contribution is -0.165. The van der Waals surface area contributed by atoms with Crippen LogP contribution in [0.15, 0.2) is 34.8 Å². The van der Waals surface area contributed by atoms with E-state index >= 15 is 0 Å². The van der Waals surface area contributed by atoms with Crippen LogP contribution in [0.3, 0.4) is 0 Å². The second-order valence-corrected chi connectivity index (χ2v) is 4.30. The number of halogens is 4. The highest BCUT2D eigenvalue weighted by molar-refractivity contribution is 9.10. The summed E-state index contributed by atoms with van der Waals surface area (Å²) in [5.74, 6) is -1.92. The Hall–Kier alpha value is -0.750. The molecule has 0 amide bonds. The Morgan fingerprint density at radius 3 is 2.19 bits per heavy atom. The number of allylic oxidation sites excluding steroid dienone is 1. The van der Waals surface area contributed by atoms with Crippen LogP contribution in [0.1, 0.15) is 5.56 Å². The molecule has 0 aliphatic carbocycles. The van der Waals surface area contributed by atoms with Crippen LogP contribution in [-0.4, -0.2) is 12.0 Å². The van der Waals surface area contributed by atoms with Gasteiger partial charge < -0.3 is 0 Å². The molecule has 1 rings (SSSR count). The number of ketones is 1. The lowest BCUT2D eigenvalue weighted by atomic mass is 10.2. The molecule has 1 nitrogen and oxygen atoms in total. The molecule has 1 aromatic rings. The molecule has 1 aromatic carbocycles. The molecule has 0 N–H and O–H groups in total. The fourth-order valence-electron chi connectivity index (χ4n) is 0.910. The highest BCUT2D eigenvalue weighted by atomic mass is 79.9. The Morgan fingerprint density at radius 2 is 1.75 bits per heavy atom. The minimum absolute atomic E-state index is 0.0187. The molecule has 86 valence electrons. The van der Waals surface area contributed by atoms with Crippen molar-refractivity contribution in [3.05, 3.63) is 40.4 Å². The summed E-state index contributed by atoms with van der Waals surface area (Å²) in [7, 11) is 0. The molecule has 0 fully saturated rings. The van der Waals surface area contributed by atoms with Crippen molar-refractivity contribution in [1.29, 1.82) is 0 Å². The van der Waals surface area contributed by atoms with Crippen molar-refractivity contribution in [2.45, 2.75) is 6.18 Å². The molecule has 0 aliphatic heterocycles. The zero-order valence-electron chi connectivity index (χ0n) is 7.75. The van der Waals surface area contributed by atoms with Crippen molar-refractivity contribution in [3.63, 3.8) is 0 Å². The first-order valence-corrected chi connectivity index (χ1v) is 5.32. The summed E-state index contributed by atoms with van der Waals surface area (Å²) in [6, 6.07) is 6.42. The molecule has 0 radical (unpaired) electrons. The number of hydrogen-bond acceptors (Lipinski definition) is 2. The summed E-state index contributed by atoms with van der Waals surface area (Å²) in [5.41, 5.74) is 0.448. The maximum atomic E-state index is 12.0. The molecule has 0 unspecified atom stereocenters. The topological polar surface area (TPSA) is 17.1 Å². The number of hydrogen-bond donors (Lipinski definition) is 1. The van der Waals surface area contributed by atoms with Gasteiger partial charge in [0.05, 0.1) is 0 Å². The number of carbonyl (C=O) groups excluding carboxylic acids is 1. The van der Waals surface area contributed by atoms with Crippen LogP contribution in [0.4, 0.5) is 13.2 Å². The van der Waals surface area contributed by atoms with Gasteiger partial charge in [-0.2, -0.15) is 13.2 Å². The van der Waals surface area contributed by atoms with Crippen molar-refractivity contribution in [1.82, 2.24) is 0 Å². The van der Waals surface area contributed by atoms with Gasteiger partial charge in [0.15, 0.2) is 0 Å². The molecule has 0 bridgehead atoms. The maximum absolute atomic E-state index is 12.0. The van der Waals surface area contributed by atoms with Gasteiger partial charge in [-0.1, -0.05) is 28.1 Å². The van der Waals surface area contributed by atoms with Gasteiger partial charge in [-0.3, -0.25) is 4.79 Å². The first-order valence-electron chi connectivity index (χ1n) is 4.08. The van der Waals surface area contributed by atoms with Crippen LogP contribution < -0.4 is 0 Å². The van der Waals surface area contributed by atoms with E-state index in [9.17, 15) is 18.0 Å². The predicted octanol–water partition coefficient (Wildman–Crippen LogP) is 3.85. The second-order valence-electron chi connectivity index (χ2n) is 2.90. The van der Waals surface area contributed by atoms with Crippen LogP contribution >= 0.6 is 28.6 Å². The third-order valence-electron chi connectivity index (χ3n) is 1.69. The summed E-state index contributed by atoms with van der Waals surface area (Å²) in [4.78, 5) is 10.6. The van der Waals surface area contributed by atoms with Crippen molar-refractivity contribution in [2.75, 3.05) is 0 Å². The third kappa shape index (κ3) is 3.68. The van der Waals surface area contributed by atoms with E-state index in [4.69, 9.17) is 0 Å². The largest absolute Gasteiger partial charge is 0.454 e. The van der Waals surface area contributed by atoms with Gasteiger partial charge in [0, 0.05) is 15.5 Å². The number of carbonyl (C=O) groups is 1. The smallest absolute Gasteiger partial charge is 0.285 e. The summed E-state index contributed by atoms with van der Waals surface area (Å²) >= 11 is 7.04. The average Bonchev–Trinajstić information content (AvgIpc) is 2.17. The normalized spacial score (nSPS) is 12.7. The Labute approximate surface area is 104 Å². The van der Waals surface area contributed by atoms with E-state index in [2.05, 4.69) is 28.6 Å². The third-order valence-corrected chi connectivity index (χ3v) is 2.60. The van der Waals surface area contributed by atoms with Crippen molar-refractivity contribution < 1.29 is 18.0 Å². The van der Waals surface area contributed by atoms with E-state index in [1.807, 2.05) is 0 Å². The molecule has 16 heavy (non-hydrogen) atoms. The first-order chi connectivity index (χ1) is 7.30. The maximum Gasteiger partial charge on any atom is 0.454 e. The zero-order chi connectivity index (χ0) is 12.3. The minimum atomic E-state index is -4.86. The first kappa shape index (κ1) is 13.3. The number of alkyl halides is 3. The lowest BCUT2D eigenvalue weighted by Crippen LogP contribution is -2.20. The Bertz CT molecular complexity index is 423.